The molecule has 1 atom stereocenters. The molecule has 1 aromatic heterocycles. The van der Waals surface area contributed by atoms with Gasteiger partial charge in [-0.1, -0.05) is 6.92 Å². The van der Waals surface area contributed by atoms with Crippen molar-refractivity contribution in [3.63, 3.8) is 0 Å². The molecule has 1 N–H and O–H groups in total. The lowest BCUT2D eigenvalue weighted by atomic mass is 10.2. The van der Waals surface area contributed by atoms with Crippen molar-refractivity contribution in [1.29, 1.82) is 0 Å². The van der Waals surface area contributed by atoms with E-state index in [0.29, 0.717) is 5.25 Å². The highest BCUT2D eigenvalue weighted by Crippen LogP contribution is 2.39. The summed E-state index contributed by atoms with van der Waals surface area (Å²) in [6.45, 7) is 5.14. The van der Waals surface area contributed by atoms with Crippen molar-refractivity contribution in [2.24, 2.45) is 0 Å². The number of halogens is 1. The molecule has 0 aromatic carbocycles. The number of hydrogen-bond acceptors (Lipinski definition) is 4. The van der Waals surface area contributed by atoms with Gasteiger partial charge in [0.05, 0.1) is 15.4 Å². The lowest BCUT2D eigenvalue weighted by molar-refractivity contribution is 0.769. The summed E-state index contributed by atoms with van der Waals surface area (Å²) < 4.78 is 0.998. The molecule has 0 saturated carbocycles. The minimum atomic E-state index is 0.490. The molecule has 1 aliphatic heterocycles. The second-order valence-electron chi connectivity index (χ2n) is 4.26. The van der Waals surface area contributed by atoms with Crippen LogP contribution in [0.5, 0.6) is 0 Å². The second-order valence-corrected chi connectivity index (χ2v) is 6.36. The van der Waals surface area contributed by atoms with Crippen molar-refractivity contribution in [1.82, 2.24) is 9.97 Å². The van der Waals surface area contributed by atoms with E-state index in [1.165, 1.54) is 18.6 Å². The summed E-state index contributed by atoms with van der Waals surface area (Å²) >= 11 is 5.53. The Balaban J connectivity index is 2.24. The van der Waals surface area contributed by atoms with Crippen LogP contribution in [0.2, 0.25) is 0 Å². The van der Waals surface area contributed by atoms with E-state index in [1.54, 1.807) is 0 Å². The van der Waals surface area contributed by atoms with Gasteiger partial charge in [0.25, 0.3) is 0 Å². The van der Waals surface area contributed by atoms with Gasteiger partial charge in [-0.15, -0.1) is 0 Å². The van der Waals surface area contributed by atoms with Gasteiger partial charge >= 0.3 is 0 Å². The lowest BCUT2D eigenvalue weighted by Gasteiger charge is -2.13. The van der Waals surface area contributed by atoms with Crippen LogP contribution < -0.4 is 5.32 Å². The summed E-state index contributed by atoms with van der Waals surface area (Å²) in [6.07, 6.45) is 3.59. The third kappa shape index (κ3) is 3.13. The van der Waals surface area contributed by atoms with Crippen LogP contribution in [0, 0.1) is 6.92 Å². The largest absolute Gasteiger partial charge is 0.369 e. The van der Waals surface area contributed by atoms with Gasteiger partial charge in [0.1, 0.15) is 11.6 Å². The highest BCUT2D eigenvalue weighted by molar-refractivity contribution is 9.10. The summed E-state index contributed by atoms with van der Waals surface area (Å²) in [7, 11) is 0. The predicted molar refractivity (Wildman–Crippen MR) is 77.7 cm³/mol. The average Bonchev–Trinajstić information content (AvgIpc) is 2.84. The van der Waals surface area contributed by atoms with Gasteiger partial charge in [0, 0.05) is 6.54 Å². The molecule has 1 aliphatic rings. The molecule has 17 heavy (non-hydrogen) atoms. The Kier molecular flexibility index (Phi) is 4.68. The van der Waals surface area contributed by atoms with E-state index >= 15 is 0 Å². The quantitative estimate of drug-likeness (QED) is 0.913. The molecule has 2 rings (SSSR count). The van der Waals surface area contributed by atoms with Crippen molar-refractivity contribution in [3.05, 3.63) is 16.0 Å². The fourth-order valence-electron chi connectivity index (χ4n) is 1.87. The topological polar surface area (TPSA) is 37.8 Å². The molecule has 2 heterocycles. The monoisotopic (exact) mass is 315 g/mol. The van der Waals surface area contributed by atoms with Crippen LogP contribution in [0.1, 0.15) is 43.0 Å². The number of aromatic nitrogens is 2. The van der Waals surface area contributed by atoms with Gasteiger partial charge in [-0.2, -0.15) is 11.8 Å². The summed E-state index contributed by atoms with van der Waals surface area (Å²) in [5.41, 5.74) is 1.03. The first-order valence-corrected chi connectivity index (χ1v) is 7.96. The predicted octanol–water partition coefficient (Wildman–Crippen LogP) is 3.94. The van der Waals surface area contributed by atoms with Gasteiger partial charge in [0.15, 0.2) is 0 Å². The number of thioether (sulfide) groups is 1. The van der Waals surface area contributed by atoms with Crippen molar-refractivity contribution >= 4 is 33.5 Å². The number of aryl methyl sites for hydroxylation is 1. The summed E-state index contributed by atoms with van der Waals surface area (Å²) in [5, 5.41) is 3.85. The van der Waals surface area contributed by atoms with E-state index in [0.717, 1.165) is 34.8 Å². The normalized spacial score (nSPS) is 19.6. The zero-order valence-electron chi connectivity index (χ0n) is 10.3. The first-order chi connectivity index (χ1) is 8.22. The zero-order valence-corrected chi connectivity index (χ0v) is 12.7. The molecule has 0 aliphatic carbocycles. The maximum absolute atomic E-state index is 4.66. The van der Waals surface area contributed by atoms with Crippen molar-refractivity contribution < 1.29 is 0 Å². The van der Waals surface area contributed by atoms with Gasteiger partial charge in [0.2, 0.25) is 0 Å². The van der Waals surface area contributed by atoms with E-state index in [9.17, 15) is 0 Å². The molecule has 0 bridgehead atoms. The molecular weight excluding hydrogens is 298 g/mol. The smallest absolute Gasteiger partial charge is 0.144 e. The van der Waals surface area contributed by atoms with Crippen LogP contribution in [0.15, 0.2) is 4.47 Å². The lowest BCUT2D eigenvalue weighted by Crippen LogP contribution is -2.08. The first kappa shape index (κ1) is 13.1. The first-order valence-electron chi connectivity index (χ1n) is 6.12. The van der Waals surface area contributed by atoms with Crippen molar-refractivity contribution in [2.45, 2.75) is 38.4 Å². The third-order valence-electron chi connectivity index (χ3n) is 2.79. The van der Waals surface area contributed by atoms with E-state index in [2.05, 4.69) is 38.1 Å². The van der Waals surface area contributed by atoms with E-state index in [4.69, 9.17) is 0 Å². The average molecular weight is 316 g/mol. The Morgan fingerprint density at radius 1 is 1.47 bits per heavy atom. The number of nitrogens with zero attached hydrogens (tertiary/aromatic N) is 2. The molecule has 0 amide bonds. The highest BCUT2D eigenvalue weighted by atomic mass is 79.9. The van der Waals surface area contributed by atoms with Crippen LogP contribution in [0.25, 0.3) is 0 Å². The van der Waals surface area contributed by atoms with Crippen LogP contribution in [0.3, 0.4) is 0 Å². The molecule has 94 valence electrons. The van der Waals surface area contributed by atoms with Gasteiger partial charge in [-0.05, 0) is 47.9 Å². The number of hydrogen-bond donors (Lipinski definition) is 1. The molecule has 0 spiro atoms. The highest BCUT2D eigenvalue weighted by Gasteiger charge is 2.22. The minimum Gasteiger partial charge on any atom is -0.369 e. The zero-order chi connectivity index (χ0) is 12.3. The van der Waals surface area contributed by atoms with Crippen LogP contribution >= 0.6 is 27.7 Å². The van der Waals surface area contributed by atoms with E-state index < -0.39 is 0 Å². The van der Waals surface area contributed by atoms with Crippen molar-refractivity contribution in [3.8, 4) is 0 Å². The Morgan fingerprint density at radius 3 is 2.94 bits per heavy atom. The van der Waals surface area contributed by atoms with Crippen molar-refractivity contribution in [2.75, 3.05) is 17.6 Å². The maximum atomic E-state index is 4.66. The van der Waals surface area contributed by atoms with Gasteiger partial charge < -0.3 is 5.32 Å². The SMILES string of the molecule is CCCNc1nc(C2CCCS2)nc(C)c1Br. The number of anilines is 1. The maximum Gasteiger partial charge on any atom is 0.144 e. The number of nitrogens with one attached hydrogen (secondary N) is 1. The van der Waals surface area contributed by atoms with Gasteiger partial charge in [-0.3, -0.25) is 0 Å². The molecule has 1 aromatic rings. The molecule has 1 fully saturated rings. The Bertz CT molecular complexity index is 392. The number of rotatable bonds is 4. The van der Waals surface area contributed by atoms with Crippen LogP contribution in [0.4, 0.5) is 5.82 Å². The summed E-state index contributed by atoms with van der Waals surface area (Å²) in [5.74, 6) is 3.18. The minimum absolute atomic E-state index is 0.490. The second kappa shape index (κ2) is 6.05. The Labute approximate surface area is 115 Å². The molecule has 0 radical (unpaired) electrons. The molecular formula is C12H18BrN3S. The summed E-state index contributed by atoms with van der Waals surface area (Å²) in [6, 6.07) is 0. The Morgan fingerprint density at radius 2 is 2.29 bits per heavy atom. The van der Waals surface area contributed by atoms with Crippen LogP contribution in [-0.2, 0) is 0 Å². The van der Waals surface area contributed by atoms with Crippen LogP contribution in [-0.4, -0.2) is 22.3 Å². The fourth-order valence-corrected chi connectivity index (χ4v) is 3.39. The van der Waals surface area contributed by atoms with E-state index in [1.807, 2.05) is 18.7 Å². The summed E-state index contributed by atoms with van der Waals surface area (Å²) in [4.78, 5) is 9.27. The molecule has 1 unspecified atom stereocenters. The molecule has 1 saturated heterocycles. The standard InChI is InChI=1S/C12H18BrN3S/c1-3-6-14-12-10(13)8(2)15-11(16-12)9-5-4-7-17-9/h9H,3-7H2,1-2H3,(H,14,15,16). The van der Waals surface area contributed by atoms with E-state index in [-0.39, 0.29) is 0 Å². The third-order valence-corrected chi connectivity index (χ3v) is 5.12. The van der Waals surface area contributed by atoms with Gasteiger partial charge in [-0.25, -0.2) is 9.97 Å². The molecule has 3 nitrogen and oxygen atoms in total. The molecule has 5 heteroatoms. The fraction of sp³-hybridized carbons (Fsp3) is 0.667. The Hall–Kier alpha value is -0.290.